The molecule has 1 saturated heterocycles. The fourth-order valence-corrected chi connectivity index (χ4v) is 3.74. The molecular weight excluding hydrogens is 343 g/mol. The van der Waals surface area contributed by atoms with Gasteiger partial charge in [0.25, 0.3) is 0 Å². The molecule has 0 saturated carbocycles. The minimum atomic E-state index is -0.283. The molecule has 2 aromatic rings. The number of amides is 1. The number of likely N-dealkylation sites (tertiary alicyclic amines) is 1. The lowest BCUT2D eigenvalue weighted by molar-refractivity contribution is -0.119. The summed E-state index contributed by atoms with van der Waals surface area (Å²) in [5.41, 5.74) is 1.96. The maximum absolute atomic E-state index is 13.3. The monoisotopic (exact) mass is 370 g/mol. The summed E-state index contributed by atoms with van der Waals surface area (Å²) in [7, 11) is 1.70. The van der Waals surface area contributed by atoms with Gasteiger partial charge in [0.15, 0.2) is 0 Å². The summed E-state index contributed by atoms with van der Waals surface area (Å²) < 4.78 is 18.7. The normalized spacial score (nSPS) is 15.5. The Labute approximate surface area is 160 Å². The summed E-state index contributed by atoms with van der Waals surface area (Å²) in [5, 5.41) is 0. The molecule has 0 atom stereocenters. The Morgan fingerprint density at radius 2 is 1.81 bits per heavy atom. The van der Waals surface area contributed by atoms with E-state index in [2.05, 4.69) is 11.0 Å². The van der Waals surface area contributed by atoms with E-state index in [4.69, 9.17) is 4.74 Å². The molecule has 1 aliphatic heterocycles. The van der Waals surface area contributed by atoms with E-state index in [-0.39, 0.29) is 17.8 Å². The van der Waals surface area contributed by atoms with Crippen LogP contribution in [0.15, 0.2) is 48.5 Å². The molecule has 0 aliphatic carbocycles. The third kappa shape index (κ3) is 4.66. The molecule has 2 aromatic carbocycles. The average Bonchev–Trinajstić information content (AvgIpc) is 2.71. The Bertz CT molecular complexity index is 755. The molecule has 0 aromatic heterocycles. The standard InChI is InChI=1S/C22H27FN2O2/c1-3-22(26)25(19-10-8-18(23)9-11-19)20-12-14-24(15-13-20)16-17-6-4-5-7-21(17)27-2/h4-11,20H,3,12-16H2,1-2H3. The zero-order valence-corrected chi connectivity index (χ0v) is 16.0. The lowest BCUT2D eigenvalue weighted by atomic mass is 10.0. The number of rotatable bonds is 6. The van der Waals surface area contributed by atoms with Gasteiger partial charge in [0.1, 0.15) is 11.6 Å². The largest absolute Gasteiger partial charge is 0.496 e. The predicted octanol–water partition coefficient (Wildman–Crippen LogP) is 4.24. The zero-order chi connectivity index (χ0) is 19.2. The number of carbonyl (C=O) groups is 1. The molecule has 0 unspecified atom stereocenters. The molecule has 0 bridgehead atoms. The summed E-state index contributed by atoms with van der Waals surface area (Å²) in [5.74, 6) is 0.716. The highest BCUT2D eigenvalue weighted by Crippen LogP contribution is 2.27. The van der Waals surface area contributed by atoms with Crippen LogP contribution >= 0.6 is 0 Å². The van der Waals surface area contributed by atoms with Crippen LogP contribution in [-0.2, 0) is 11.3 Å². The summed E-state index contributed by atoms with van der Waals surface area (Å²) in [4.78, 5) is 16.8. The number of hydrogen-bond acceptors (Lipinski definition) is 3. The Morgan fingerprint density at radius 1 is 1.15 bits per heavy atom. The quantitative estimate of drug-likeness (QED) is 0.762. The van der Waals surface area contributed by atoms with Crippen molar-refractivity contribution in [1.82, 2.24) is 4.90 Å². The molecule has 0 spiro atoms. The number of anilines is 1. The molecule has 5 heteroatoms. The second-order valence-electron chi connectivity index (χ2n) is 6.91. The summed E-state index contributed by atoms with van der Waals surface area (Å²) >= 11 is 0. The van der Waals surface area contributed by atoms with Crippen LogP contribution in [0, 0.1) is 5.82 Å². The van der Waals surface area contributed by atoms with Crippen molar-refractivity contribution in [2.45, 2.75) is 38.8 Å². The van der Waals surface area contributed by atoms with Crippen LogP contribution < -0.4 is 9.64 Å². The van der Waals surface area contributed by atoms with Gasteiger partial charge in [-0.3, -0.25) is 9.69 Å². The molecule has 1 amide bonds. The second kappa shape index (κ2) is 9.00. The van der Waals surface area contributed by atoms with Crippen molar-refractivity contribution >= 4 is 11.6 Å². The maximum Gasteiger partial charge on any atom is 0.226 e. The van der Waals surface area contributed by atoms with Gasteiger partial charge in [0.05, 0.1) is 7.11 Å². The number of halogens is 1. The molecule has 1 fully saturated rings. The first-order valence-corrected chi connectivity index (χ1v) is 9.54. The Morgan fingerprint density at radius 3 is 2.44 bits per heavy atom. The van der Waals surface area contributed by atoms with Crippen molar-refractivity contribution in [3.8, 4) is 5.75 Å². The van der Waals surface area contributed by atoms with Crippen molar-refractivity contribution < 1.29 is 13.9 Å². The molecule has 144 valence electrons. The van der Waals surface area contributed by atoms with Crippen LogP contribution in [0.5, 0.6) is 5.75 Å². The van der Waals surface area contributed by atoms with Gasteiger partial charge >= 0.3 is 0 Å². The van der Waals surface area contributed by atoms with E-state index in [1.165, 1.54) is 17.7 Å². The molecule has 0 N–H and O–H groups in total. The van der Waals surface area contributed by atoms with Crippen LogP contribution in [0.25, 0.3) is 0 Å². The lowest BCUT2D eigenvalue weighted by Gasteiger charge is -2.38. The van der Waals surface area contributed by atoms with E-state index >= 15 is 0 Å². The predicted molar refractivity (Wildman–Crippen MR) is 105 cm³/mol. The minimum absolute atomic E-state index is 0.0878. The second-order valence-corrected chi connectivity index (χ2v) is 6.91. The highest BCUT2D eigenvalue weighted by atomic mass is 19.1. The van der Waals surface area contributed by atoms with Crippen LogP contribution in [0.1, 0.15) is 31.7 Å². The highest BCUT2D eigenvalue weighted by Gasteiger charge is 2.28. The third-order valence-corrected chi connectivity index (χ3v) is 5.18. The number of piperidine rings is 1. The van der Waals surface area contributed by atoms with E-state index in [0.29, 0.717) is 6.42 Å². The molecule has 4 nitrogen and oxygen atoms in total. The first-order chi connectivity index (χ1) is 13.1. The number of nitrogens with zero attached hydrogens (tertiary/aromatic N) is 2. The van der Waals surface area contributed by atoms with E-state index < -0.39 is 0 Å². The molecule has 1 heterocycles. The van der Waals surface area contributed by atoms with Gasteiger partial charge in [0, 0.05) is 43.3 Å². The van der Waals surface area contributed by atoms with Gasteiger partial charge in [-0.1, -0.05) is 25.1 Å². The van der Waals surface area contributed by atoms with Crippen molar-refractivity contribution in [3.63, 3.8) is 0 Å². The number of hydrogen-bond donors (Lipinski definition) is 0. The molecule has 0 radical (unpaired) electrons. The maximum atomic E-state index is 13.3. The number of benzene rings is 2. The smallest absolute Gasteiger partial charge is 0.226 e. The molecule has 3 rings (SSSR count). The van der Waals surface area contributed by atoms with Crippen LogP contribution in [-0.4, -0.2) is 37.0 Å². The summed E-state index contributed by atoms with van der Waals surface area (Å²) in [6, 6.07) is 14.5. The number of carbonyl (C=O) groups excluding carboxylic acids is 1. The molecule has 27 heavy (non-hydrogen) atoms. The summed E-state index contributed by atoms with van der Waals surface area (Å²) in [6.07, 6.45) is 2.25. The van der Waals surface area contributed by atoms with Crippen molar-refractivity contribution in [1.29, 1.82) is 0 Å². The average molecular weight is 370 g/mol. The SMILES string of the molecule is CCC(=O)N(c1ccc(F)cc1)C1CCN(Cc2ccccc2OC)CC1. The number of methoxy groups -OCH3 is 1. The number of para-hydroxylation sites is 1. The van der Waals surface area contributed by atoms with Crippen LogP contribution in [0.2, 0.25) is 0 Å². The van der Waals surface area contributed by atoms with Crippen molar-refractivity contribution in [3.05, 3.63) is 59.9 Å². The first kappa shape index (κ1) is 19.4. The molecular formula is C22H27FN2O2. The van der Waals surface area contributed by atoms with Gasteiger partial charge < -0.3 is 9.64 Å². The van der Waals surface area contributed by atoms with Gasteiger partial charge in [-0.15, -0.1) is 0 Å². The zero-order valence-electron chi connectivity index (χ0n) is 16.0. The van der Waals surface area contributed by atoms with E-state index in [1.54, 1.807) is 19.2 Å². The van der Waals surface area contributed by atoms with Crippen molar-refractivity contribution in [2.24, 2.45) is 0 Å². The van der Waals surface area contributed by atoms with E-state index in [1.807, 2.05) is 30.0 Å². The summed E-state index contributed by atoms with van der Waals surface area (Å²) in [6.45, 7) is 4.54. The van der Waals surface area contributed by atoms with E-state index in [0.717, 1.165) is 43.9 Å². The van der Waals surface area contributed by atoms with Gasteiger partial charge in [-0.2, -0.15) is 0 Å². The minimum Gasteiger partial charge on any atom is -0.496 e. The van der Waals surface area contributed by atoms with Crippen LogP contribution in [0.4, 0.5) is 10.1 Å². The van der Waals surface area contributed by atoms with Gasteiger partial charge in [-0.05, 0) is 43.2 Å². The lowest BCUT2D eigenvalue weighted by Crippen LogP contribution is -2.47. The third-order valence-electron chi connectivity index (χ3n) is 5.18. The number of ether oxygens (including phenoxy) is 1. The topological polar surface area (TPSA) is 32.8 Å². The van der Waals surface area contributed by atoms with E-state index in [9.17, 15) is 9.18 Å². The van der Waals surface area contributed by atoms with Crippen LogP contribution in [0.3, 0.4) is 0 Å². The first-order valence-electron chi connectivity index (χ1n) is 9.54. The van der Waals surface area contributed by atoms with Gasteiger partial charge in [0.2, 0.25) is 5.91 Å². The highest BCUT2D eigenvalue weighted by molar-refractivity contribution is 5.93. The Balaban J connectivity index is 1.67. The molecule has 1 aliphatic rings. The van der Waals surface area contributed by atoms with Crippen molar-refractivity contribution in [2.75, 3.05) is 25.1 Å². The Hall–Kier alpha value is -2.40. The fraction of sp³-hybridized carbons (Fsp3) is 0.409. The Kier molecular flexibility index (Phi) is 6.45. The van der Waals surface area contributed by atoms with Gasteiger partial charge in [-0.25, -0.2) is 4.39 Å². The fourth-order valence-electron chi connectivity index (χ4n) is 3.74.